The molecular formula is C24H36N6O7. The second kappa shape index (κ2) is 15.2. The van der Waals surface area contributed by atoms with Crippen LogP contribution in [-0.2, 0) is 35.2 Å². The van der Waals surface area contributed by atoms with Crippen LogP contribution in [0.5, 0.6) is 0 Å². The number of carbonyl (C=O) groups excluding carboxylic acids is 5. The standard InChI is InChI=1S/C24H36N6O7/c1-3-13(2)20(23(35)29-17(24(36)37)11-14-7-5-4-6-8-14)30-22(34)16(9-10-18(26)31)28-21(33)15(25)12-19(27)32/h4-8,13,15-17,20H,3,9-12,25H2,1-2H3,(H2,26,31)(H2,27,32)(H,28,33)(H,29,35)(H,30,34)(H,36,37). The molecule has 37 heavy (non-hydrogen) atoms. The van der Waals surface area contributed by atoms with Crippen molar-refractivity contribution in [2.45, 2.75) is 70.1 Å². The third kappa shape index (κ3) is 11.1. The van der Waals surface area contributed by atoms with Crippen molar-refractivity contribution >= 4 is 35.5 Å². The molecule has 0 aromatic heterocycles. The summed E-state index contributed by atoms with van der Waals surface area (Å²) < 4.78 is 0. The van der Waals surface area contributed by atoms with Gasteiger partial charge in [-0.2, -0.15) is 0 Å². The van der Waals surface area contributed by atoms with Crippen molar-refractivity contribution in [3.05, 3.63) is 35.9 Å². The smallest absolute Gasteiger partial charge is 0.326 e. The number of nitrogens with two attached hydrogens (primary N) is 3. The van der Waals surface area contributed by atoms with Crippen molar-refractivity contribution in [3.8, 4) is 0 Å². The Hall–Kier alpha value is -4.00. The van der Waals surface area contributed by atoms with Crippen molar-refractivity contribution < 1.29 is 33.9 Å². The fraction of sp³-hybridized carbons (Fsp3) is 0.500. The zero-order valence-electron chi connectivity index (χ0n) is 20.9. The van der Waals surface area contributed by atoms with Gasteiger partial charge >= 0.3 is 5.97 Å². The summed E-state index contributed by atoms with van der Waals surface area (Å²) in [7, 11) is 0. The van der Waals surface area contributed by atoms with Crippen molar-refractivity contribution in [1.82, 2.24) is 16.0 Å². The minimum Gasteiger partial charge on any atom is -0.480 e. The molecule has 1 aromatic carbocycles. The van der Waals surface area contributed by atoms with E-state index in [1.54, 1.807) is 44.2 Å². The molecule has 13 heteroatoms. The lowest BCUT2D eigenvalue weighted by Gasteiger charge is -2.28. The van der Waals surface area contributed by atoms with E-state index in [0.29, 0.717) is 12.0 Å². The van der Waals surface area contributed by atoms with Gasteiger partial charge in [0.1, 0.15) is 18.1 Å². The molecule has 5 amide bonds. The van der Waals surface area contributed by atoms with Crippen molar-refractivity contribution in [2.75, 3.05) is 0 Å². The van der Waals surface area contributed by atoms with Crippen molar-refractivity contribution in [1.29, 1.82) is 0 Å². The van der Waals surface area contributed by atoms with Crippen LogP contribution in [0.15, 0.2) is 30.3 Å². The number of benzene rings is 1. The van der Waals surface area contributed by atoms with Crippen LogP contribution < -0.4 is 33.2 Å². The van der Waals surface area contributed by atoms with Crippen LogP contribution in [0.25, 0.3) is 0 Å². The van der Waals surface area contributed by atoms with E-state index in [1.807, 2.05) is 0 Å². The lowest BCUT2D eigenvalue weighted by molar-refractivity contribution is -0.142. The maximum absolute atomic E-state index is 13.1. The summed E-state index contributed by atoms with van der Waals surface area (Å²) in [6.45, 7) is 3.47. The largest absolute Gasteiger partial charge is 0.480 e. The molecule has 0 fully saturated rings. The number of carbonyl (C=O) groups is 6. The highest BCUT2D eigenvalue weighted by Gasteiger charge is 2.33. The molecule has 5 atom stereocenters. The Bertz CT molecular complexity index is 972. The maximum atomic E-state index is 13.1. The van der Waals surface area contributed by atoms with E-state index in [2.05, 4.69) is 16.0 Å². The van der Waals surface area contributed by atoms with E-state index in [0.717, 1.165) is 0 Å². The molecule has 0 aliphatic rings. The number of amides is 5. The molecular weight excluding hydrogens is 484 g/mol. The third-order valence-corrected chi connectivity index (χ3v) is 5.76. The Morgan fingerprint density at radius 1 is 0.865 bits per heavy atom. The third-order valence-electron chi connectivity index (χ3n) is 5.76. The second-order valence-corrected chi connectivity index (χ2v) is 8.80. The Kier molecular flexibility index (Phi) is 12.7. The first-order valence-corrected chi connectivity index (χ1v) is 11.9. The monoisotopic (exact) mass is 520 g/mol. The summed E-state index contributed by atoms with van der Waals surface area (Å²) in [5, 5.41) is 17.0. The molecule has 0 aliphatic heterocycles. The lowest BCUT2D eigenvalue weighted by Crippen LogP contribution is -2.59. The van der Waals surface area contributed by atoms with Crippen LogP contribution in [0.2, 0.25) is 0 Å². The molecule has 0 saturated heterocycles. The summed E-state index contributed by atoms with van der Waals surface area (Å²) in [4.78, 5) is 72.7. The van der Waals surface area contributed by atoms with Crippen LogP contribution in [0.3, 0.4) is 0 Å². The summed E-state index contributed by atoms with van der Waals surface area (Å²) in [5.41, 5.74) is 16.6. The Morgan fingerprint density at radius 3 is 1.97 bits per heavy atom. The van der Waals surface area contributed by atoms with Crippen molar-refractivity contribution in [3.63, 3.8) is 0 Å². The highest BCUT2D eigenvalue weighted by Crippen LogP contribution is 2.11. The normalized spacial score (nSPS) is 14.8. The molecule has 0 spiro atoms. The van der Waals surface area contributed by atoms with Gasteiger partial charge in [-0.05, 0) is 17.9 Å². The van der Waals surface area contributed by atoms with E-state index in [4.69, 9.17) is 17.2 Å². The van der Waals surface area contributed by atoms with Gasteiger partial charge in [0.25, 0.3) is 0 Å². The van der Waals surface area contributed by atoms with Gasteiger partial charge in [0.05, 0.1) is 12.5 Å². The van der Waals surface area contributed by atoms with Gasteiger partial charge in [-0.25, -0.2) is 4.79 Å². The number of carboxylic acids is 1. The van der Waals surface area contributed by atoms with Gasteiger partial charge in [-0.3, -0.25) is 24.0 Å². The molecule has 0 bridgehead atoms. The van der Waals surface area contributed by atoms with E-state index < -0.39 is 72.0 Å². The molecule has 1 aromatic rings. The van der Waals surface area contributed by atoms with Crippen LogP contribution in [0, 0.1) is 5.92 Å². The molecule has 0 heterocycles. The average Bonchev–Trinajstić information content (AvgIpc) is 2.83. The van der Waals surface area contributed by atoms with Gasteiger partial charge in [0, 0.05) is 12.8 Å². The number of hydrogen-bond acceptors (Lipinski definition) is 7. The molecule has 13 nitrogen and oxygen atoms in total. The number of primary amides is 2. The minimum absolute atomic E-state index is 0.0259. The zero-order chi connectivity index (χ0) is 28.1. The average molecular weight is 521 g/mol. The molecule has 0 aliphatic carbocycles. The van der Waals surface area contributed by atoms with Gasteiger partial charge < -0.3 is 38.3 Å². The number of rotatable bonds is 16. The Balaban J connectivity index is 3.05. The van der Waals surface area contributed by atoms with Gasteiger partial charge in [-0.1, -0.05) is 50.6 Å². The fourth-order valence-electron chi connectivity index (χ4n) is 3.41. The SMILES string of the molecule is CCC(C)C(NC(=O)C(CCC(N)=O)NC(=O)C(N)CC(N)=O)C(=O)NC(Cc1ccccc1)C(=O)O. The van der Waals surface area contributed by atoms with Gasteiger partial charge in [0.15, 0.2) is 0 Å². The van der Waals surface area contributed by atoms with Crippen molar-refractivity contribution in [2.24, 2.45) is 23.1 Å². The van der Waals surface area contributed by atoms with Crippen LogP contribution in [-0.4, -0.2) is 64.8 Å². The first-order chi connectivity index (χ1) is 17.3. The molecule has 0 saturated carbocycles. The first kappa shape index (κ1) is 31.0. The minimum atomic E-state index is -1.33. The van der Waals surface area contributed by atoms with Gasteiger partial charge in [0.2, 0.25) is 29.5 Å². The Morgan fingerprint density at radius 2 is 1.46 bits per heavy atom. The maximum Gasteiger partial charge on any atom is 0.326 e. The van der Waals surface area contributed by atoms with E-state index in [-0.39, 0.29) is 19.3 Å². The molecule has 5 unspecified atom stereocenters. The summed E-state index contributed by atoms with van der Waals surface area (Å²) in [5.74, 6) is -5.61. The van der Waals surface area contributed by atoms with E-state index in [9.17, 15) is 33.9 Å². The molecule has 10 N–H and O–H groups in total. The zero-order valence-corrected chi connectivity index (χ0v) is 20.9. The summed E-state index contributed by atoms with van der Waals surface area (Å²) in [6, 6.07) is 3.68. The molecule has 1 rings (SSSR count). The predicted octanol–water partition coefficient (Wildman–Crippen LogP) is -1.72. The van der Waals surface area contributed by atoms with E-state index in [1.165, 1.54) is 0 Å². The van der Waals surface area contributed by atoms with Crippen LogP contribution in [0.4, 0.5) is 0 Å². The summed E-state index contributed by atoms with van der Waals surface area (Å²) in [6.07, 6.45) is -0.445. The first-order valence-electron chi connectivity index (χ1n) is 11.9. The Labute approximate surface area is 214 Å². The highest BCUT2D eigenvalue weighted by atomic mass is 16.4. The highest BCUT2D eigenvalue weighted by molar-refractivity contribution is 5.95. The number of carboxylic acid groups (broad SMARTS) is 1. The number of hydrogen-bond donors (Lipinski definition) is 7. The number of nitrogens with one attached hydrogen (secondary N) is 3. The predicted molar refractivity (Wildman–Crippen MR) is 133 cm³/mol. The fourth-order valence-corrected chi connectivity index (χ4v) is 3.41. The number of aliphatic carboxylic acids is 1. The molecule has 204 valence electrons. The quantitative estimate of drug-likeness (QED) is 0.132. The lowest BCUT2D eigenvalue weighted by atomic mass is 9.96. The van der Waals surface area contributed by atoms with E-state index >= 15 is 0 Å². The topological polar surface area (TPSA) is 237 Å². The van der Waals surface area contributed by atoms with Gasteiger partial charge in [-0.15, -0.1) is 0 Å². The van der Waals surface area contributed by atoms with Crippen LogP contribution in [0.1, 0.15) is 45.1 Å². The second-order valence-electron chi connectivity index (χ2n) is 8.80. The molecule has 0 radical (unpaired) electrons. The van der Waals surface area contributed by atoms with Crippen LogP contribution >= 0.6 is 0 Å². The summed E-state index contributed by atoms with van der Waals surface area (Å²) >= 11 is 0.